The lowest BCUT2D eigenvalue weighted by molar-refractivity contribution is -0.149. The minimum Gasteiger partial charge on any atom is -0.352 e. The summed E-state index contributed by atoms with van der Waals surface area (Å²) in [5, 5.41) is 2.06. The maximum absolute atomic E-state index is 13.0. The number of anilines is 1. The zero-order valence-corrected chi connectivity index (χ0v) is 15.1. The van der Waals surface area contributed by atoms with Crippen molar-refractivity contribution in [3.05, 3.63) is 17.8 Å². The molecule has 0 N–H and O–H groups in total. The van der Waals surface area contributed by atoms with Gasteiger partial charge in [0.15, 0.2) is 0 Å². The second-order valence-electron chi connectivity index (χ2n) is 6.89. The molecule has 3 heterocycles. The van der Waals surface area contributed by atoms with Crippen LogP contribution in [-0.4, -0.2) is 71.5 Å². The first-order chi connectivity index (χ1) is 11.6. The molecule has 4 rings (SSSR count). The molecule has 0 radical (unpaired) electrons. The highest BCUT2D eigenvalue weighted by atomic mass is 32.1. The number of carbonyl (C=O) groups excluding carboxylic acids is 1. The van der Waals surface area contributed by atoms with Crippen LogP contribution in [0.25, 0.3) is 10.2 Å². The molecule has 2 aromatic heterocycles. The van der Waals surface area contributed by atoms with E-state index in [1.54, 1.807) is 17.7 Å². The average molecular weight is 345 g/mol. The summed E-state index contributed by atoms with van der Waals surface area (Å²) in [5.74, 6) is 1.32. The molecule has 0 bridgehead atoms. The van der Waals surface area contributed by atoms with Gasteiger partial charge >= 0.3 is 0 Å². The Morgan fingerprint density at radius 1 is 1.21 bits per heavy atom. The van der Waals surface area contributed by atoms with E-state index in [0.29, 0.717) is 5.91 Å². The van der Waals surface area contributed by atoms with Crippen LogP contribution in [0.2, 0.25) is 0 Å². The Labute approximate surface area is 146 Å². The molecule has 0 unspecified atom stereocenters. The first-order valence-electron chi connectivity index (χ1n) is 8.52. The normalized spacial score (nSPS) is 20.5. The van der Waals surface area contributed by atoms with Crippen LogP contribution in [-0.2, 0) is 4.79 Å². The second-order valence-corrected chi connectivity index (χ2v) is 7.81. The fourth-order valence-corrected chi connectivity index (χ4v) is 4.64. The van der Waals surface area contributed by atoms with E-state index in [1.165, 1.54) is 0 Å². The number of hydrogen-bond acceptors (Lipinski definition) is 6. The van der Waals surface area contributed by atoms with E-state index in [1.807, 2.05) is 25.1 Å². The van der Waals surface area contributed by atoms with Gasteiger partial charge in [-0.15, -0.1) is 11.3 Å². The standard InChI is InChI=1S/C17H23N5OS/c1-20(2)17(5-3-6-17)16(23)22-9-7-21(8-10-22)15-14-13(4-11-24-14)18-12-19-15/h4,11-12H,3,5-10H2,1-2H3. The number of piperazine rings is 1. The molecule has 1 saturated heterocycles. The van der Waals surface area contributed by atoms with E-state index in [0.717, 1.165) is 61.5 Å². The smallest absolute Gasteiger partial charge is 0.243 e. The quantitative estimate of drug-likeness (QED) is 0.849. The van der Waals surface area contributed by atoms with Crippen LogP contribution in [0, 0.1) is 0 Å². The van der Waals surface area contributed by atoms with E-state index < -0.39 is 0 Å². The van der Waals surface area contributed by atoms with Gasteiger partial charge in [-0.2, -0.15) is 0 Å². The fourth-order valence-electron chi connectivity index (χ4n) is 3.78. The summed E-state index contributed by atoms with van der Waals surface area (Å²) in [6.45, 7) is 3.20. The van der Waals surface area contributed by atoms with E-state index in [9.17, 15) is 4.79 Å². The Hall–Kier alpha value is -1.73. The highest BCUT2D eigenvalue weighted by Crippen LogP contribution is 2.38. The first-order valence-corrected chi connectivity index (χ1v) is 9.40. The maximum atomic E-state index is 13.0. The molecule has 7 heteroatoms. The van der Waals surface area contributed by atoms with Gasteiger partial charge in [0.1, 0.15) is 17.7 Å². The molecular formula is C17H23N5OS. The van der Waals surface area contributed by atoms with Gasteiger partial charge in [-0.3, -0.25) is 9.69 Å². The van der Waals surface area contributed by atoms with E-state index >= 15 is 0 Å². The van der Waals surface area contributed by atoms with Gasteiger partial charge in [-0.1, -0.05) is 0 Å². The molecule has 1 amide bonds. The number of aromatic nitrogens is 2. The summed E-state index contributed by atoms with van der Waals surface area (Å²) in [4.78, 5) is 28.2. The second kappa shape index (κ2) is 5.97. The number of fused-ring (bicyclic) bond motifs is 1. The topological polar surface area (TPSA) is 52.6 Å². The van der Waals surface area contributed by atoms with Crippen molar-refractivity contribution in [2.45, 2.75) is 24.8 Å². The van der Waals surface area contributed by atoms with Crippen LogP contribution < -0.4 is 4.90 Å². The predicted molar refractivity (Wildman–Crippen MR) is 96.5 cm³/mol. The Kier molecular flexibility index (Phi) is 3.92. The number of likely N-dealkylation sites (N-methyl/N-ethyl adjacent to an activating group) is 1. The Balaban J connectivity index is 1.47. The molecule has 2 aliphatic rings. The monoisotopic (exact) mass is 345 g/mol. The molecule has 1 aliphatic heterocycles. The van der Waals surface area contributed by atoms with E-state index in [2.05, 4.69) is 25.1 Å². The maximum Gasteiger partial charge on any atom is 0.243 e. The molecular weight excluding hydrogens is 322 g/mol. The van der Waals surface area contributed by atoms with Gasteiger partial charge in [0.2, 0.25) is 5.91 Å². The van der Waals surface area contributed by atoms with E-state index in [4.69, 9.17) is 0 Å². The summed E-state index contributed by atoms with van der Waals surface area (Å²) in [5.41, 5.74) is 0.752. The highest BCUT2D eigenvalue weighted by Gasteiger charge is 2.48. The van der Waals surface area contributed by atoms with Crippen LogP contribution in [0.4, 0.5) is 5.82 Å². The number of amides is 1. The van der Waals surface area contributed by atoms with Crippen LogP contribution in [0.15, 0.2) is 17.8 Å². The van der Waals surface area contributed by atoms with Crippen molar-refractivity contribution in [2.24, 2.45) is 0 Å². The predicted octanol–water partition coefficient (Wildman–Crippen LogP) is 1.82. The largest absolute Gasteiger partial charge is 0.352 e. The molecule has 6 nitrogen and oxygen atoms in total. The lowest BCUT2D eigenvalue weighted by Gasteiger charge is -2.49. The zero-order chi connectivity index (χ0) is 16.7. The Bertz CT molecular complexity index is 746. The summed E-state index contributed by atoms with van der Waals surface area (Å²) >= 11 is 1.68. The summed E-state index contributed by atoms with van der Waals surface area (Å²) in [7, 11) is 4.06. The van der Waals surface area contributed by atoms with Crippen LogP contribution in [0.5, 0.6) is 0 Å². The molecule has 24 heavy (non-hydrogen) atoms. The summed E-state index contributed by atoms with van der Waals surface area (Å²) in [6.07, 6.45) is 4.76. The fraction of sp³-hybridized carbons (Fsp3) is 0.588. The Morgan fingerprint density at radius 2 is 1.96 bits per heavy atom. The molecule has 128 valence electrons. The van der Waals surface area contributed by atoms with Crippen molar-refractivity contribution in [2.75, 3.05) is 45.2 Å². The van der Waals surface area contributed by atoms with Crippen LogP contribution in [0.3, 0.4) is 0 Å². The first kappa shape index (κ1) is 15.8. The van der Waals surface area contributed by atoms with E-state index in [-0.39, 0.29) is 5.54 Å². The molecule has 2 fully saturated rings. The minimum absolute atomic E-state index is 0.252. The van der Waals surface area contributed by atoms with Crippen LogP contribution >= 0.6 is 11.3 Å². The molecule has 0 spiro atoms. The molecule has 0 aromatic carbocycles. The number of thiophene rings is 1. The number of rotatable bonds is 3. The van der Waals surface area contributed by atoms with Gasteiger partial charge in [-0.05, 0) is 44.8 Å². The lowest BCUT2D eigenvalue weighted by Crippen LogP contribution is -2.63. The summed E-state index contributed by atoms with van der Waals surface area (Å²) in [6, 6.07) is 2.03. The third-order valence-electron chi connectivity index (χ3n) is 5.53. The van der Waals surface area contributed by atoms with Crippen molar-refractivity contribution in [1.82, 2.24) is 19.8 Å². The SMILES string of the molecule is CN(C)C1(C(=O)N2CCN(c3ncnc4ccsc34)CC2)CCC1. The third-order valence-corrected chi connectivity index (χ3v) is 6.43. The summed E-state index contributed by atoms with van der Waals surface area (Å²) < 4.78 is 1.14. The Morgan fingerprint density at radius 3 is 2.58 bits per heavy atom. The molecule has 0 atom stereocenters. The van der Waals surface area contributed by atoms with Gasteiger partial charge in [0.05, 0.1) is 10.2 Å². The molecule has 2 aromatic rings. The van der Waals surface area contributed by atoms with Crippen molar-refractivity contribution >= 4 is 33.3 Å². The minimum atomic E-state index is -0.252. The van der Waals surface area contributed by atoms with Crippen molar-refractivity contribution < 1.29 is 4.79 Å². The number of nitrogens with zero attached hydrogens (tertiary/aromatic N) is 5. The zero-order valence-electron chi connectivity index (χ0n) is 14.2. The number of hydrogen-bond donors (Lipinski definition) is 0. The van der Waals surface area contributed by atoms with Crippen molar-refractivity contribution in [3.8, 4) is 0 Å². The molecule has 1 saturated carbocycles. The average Bonchev–Trinajstić information content (AvgIpc) is 3.02. The molecule has 1 aliphatic carbocycles. The van der Waals surface area contributed by atoms with Crippen LogP contribution in [0.1, 0.15) is 19.3 Å². The third kappa shape index (κ3) is 2.38. The van der Waals surface area contributed by atoms with Crippen molar-refractivity contribution in [1.29, 1.82) is 0 Å². The van der Waals surface area contributed by atoms with Gasteiger partial charge < -0.3 is 9.80 Å². The highest BCUT2D eigenvalue weighted by molar-refractivity contribution is 7.17. The number of carbonyl (C=O) groups is 1. The van der Waals surface area contributed by atoms with Gasteiger partial charge in [-0.25, -0.2) is 9.97 Å². The van der Waals surface area contributed by atoms with Gasteiger partial charge in [0, 0.05) is 26.2 Å². The van der Waals surface area contributed by atoms with Crippen molar-refractivity contribution in [3.63, 3.8) is 0 Å². The van der Waals surface area contributed by atoms with Gasteiger partial charge in [0.25, 0.3) is 0 Å². The lowest BCUT2D eigenvalue weighted by atomic mass is 9.74.